The van der Waals surface area contributed by atoms with Gasteiger partial charge < -0.3 is 12.4 Å². The van der Waals surface area contributed by atoms with Crippen molar-refractivity contribution in [3.05, 3.63) is 30.3 Å². The minimum atomic E-state index is 0. The van der Waals surface area contributed by atoms with Gasteiger partial charge >= 0.3 is 0 Å². The van der Waals surface area contributed by atoms with Gasteiger partial charge in [-0.2, -0.15) is 0 Å². The molecule has 0 spiro atoms. The zero-order chi connectivity index (χ0) is 10.9. The molecule has 0 saturated carbocycles. The lowest BCUT2D eigenvalue weighted by molar-refractivity contribution is -0.432. The Hall–Kier alpha value is -1.02. The van der Waals surface area contributed by atoms with E-state index in [9.17, 15) is 0 Å². The topological polar surface area (TPSA) is 15.0 Å². The normalized spacial score (nSPS) is 15.7. The highest BCUT2D eigenvalue weighted by molar-refractivity contribution is 5.84. The first-order valence-electron chi connectivity index (χ1n) is 5.53. The maximum absolute atomic E-state index is 3.49. The Kier molecular flexibility index (Phi) is 3.98. The molecule has 0 fully saturated rings. The molecule has 2 nitrogen and oxygen atoms in total. The van der Waals surface area contributed by atoms with Gasteiger partial charge in [-0.25, -0.2) is 4.58 Å². The van der Waals surface area contributed by atoms with Gasteiger partial charge in [-0.05, 0) is 32.9 Å². The first-order valence-corrected chi connectivity index (χ1v) is 5.53. The van der Waals surface area contributed by atoms with Crippen LogP contribution < -0.4 is 17.7 Å². The second kappa shape index (κ2) is 4.88. The minimum absolute atomic E-state index is 0. The van der Waals surface area contributed by atoms with Crippen LogP contribution in [0.2, 0.25) is 0 Å². The smallest absolute Gasteiger partial charge is 0.255 e. The van der Waals surface area contributed by atoms with Crippen LogP contribution in [0, 0.1) is 5.41 Å². The fourth-order valence-electron chi connectivity index (χ4n) is 2.03. The van der Waals surface area contributed by atoms with Gasteiger partial charge in [-0.3, -0.25) is 5.32 Å². The molecule has 0 saturated heterocycles. The fraction of sp³-hybridized carbons (Fsp3) is 0.462. The van der Waals surface area contributed by atoms with Crippen molar-refractivity contribution < 1.29 is 17.0 Å². The summed E-state index contributed by atoms with van der Waals surface area (Å²) in [5.74, 6) is 1.33. The summed E-state index contributed by atoms with van der Waals surface area (Å²) in [4.78, 5) is 0. The number of halogens is 1. The molecule has 1 aromatic rings. The highest BCUT2D eigenvalue weighted by Crippen LogP contribution is 2.21. The molecule has 1 heterocycles. The van der Waals surface area contributed by atoms with Gasteiger partial charge in [0, 0.05) is 0 Å². The number of hydrogen-bond acceptors (Lipinski definition) is 1. The highest BCUT2D eigenvalue weighted by atomic mass is 35.5. The number of hydrogen-bond donors (Lipinski definition) is 1. The molecule has 1 N–H and O–H groups in total. The predicted molar refractivity (Wildman–Crippen MR) is 63.7 cm³/mol. The van der Waals surface area contributed by atoms with E-state index in [-0.39, 0.29) is 17.8 Å². The molecule has 1 aromatic carbocycles. The average Bonchev–Trinajstić information content (AvgIpc) is 2.67. The number of nitrogens with one attached hydrogen (secondary N) is 1. The zero-order valence-corrected chi connectivity index (χ0v) is 10.9. The summed E-state index contributed by atoms with van der Waals surface area (Å²) in [5, 5.41) is 3.49. The van der Waals surface area contributed by atoms with E-state index in [1.54, 1.807) is 0 Å². The maximum Gasteiger partial charge on any atom is 0.255 e. The van der Waals surface area contributed by atoms with Crippen LogP contribution in [0.15, 0.2) is 30.3 Å². The number of amidine groups is 1. The van der Waals surface area contributed by atoms with E-state index >= 15 is 0 Å². The molecule has 0 atom stereocenters. The van der Waals surface area contributed by atoms with Crippen molar-refractivity contribution in [2.24, 2.45) is 5.41 Å². The van der Waals surface area contributed by atoms with E-state index in [0.29, 0.717) is 0 Å². The molecule has 0 aromatic heterocycles. The Bertz CT molecular complexity index is 377. The molecule has 1 aliphatic rings. The van der Waals surface area contributed by atoms with Gasteiger partial charge in [0.25, 0.3) is 5.84 Å². The van der Waals surface area contributed by atoms with Crippen LogP contribution in [0.1, 0.15) is 20.8 Å². The highest BCUT2D eigenvalue weighted by Gasteiger charge is 2.32. The molecule has 0 radical (unpaired) electrons. The standard InChI is InChI=1S/C13H18N2.ClH/c1-13(2,3)12-14-9-10-15(12)11-7-5-4-6-8-11;/h4-8H,9-10H2,1-3H3;1H. The van der Waals surface area contributed by atoms with E-state index in [4.69, 9.17) is 0 Å². The Morgan fingerprint density at radius 2 is 1.75 bits per heavy atom. The van der Waals surface area contributed by atoms with E-state index in [1.807, 2.05) is 0 Å². The first kappa shape index (κ1) is 13.0. The molecule has 3 heteroatoms. The summed E-state index contributed by atoms with van der Waals surface area (Å²) < 4.78 is 2.38. The van der Waals surface area contributed by atoms with Crippen molar-refractivity contribution in [1.29, 1.82) is 0 Å². The van der Waals surface area contributed by atoms with Crippen molar-refractivity contribution in [1.82, 2.24) is 5.32 Å². The summed E-state index contributed by atoms with van der Waals surface area (Å²) in [6.45, 7) is 8.85. The van der Waals surface area contributed by atoms with Crippen molar-refractivity contribution in [2.75, 3.05) is 13.1 Å². The largest absolute Gasteiger partial charge is 1.00 e. The molecular weight excluding hydrogens is 220 g/mol. The lowest BCUT2D eigenvalue weighted by atomic mass is 9.95. The van der Waals surface area contributed by atoms with E-state index in [0.717, 1.165) is 13.1 Å². The van der Waals surface area contributed by atoms with Crippen molar-refractivity contribution in [3.8, 4) is 0 Å². The third-order valence-corrected chi connectivity index (χ3v) is 2.68. The third kappa shape index (κ3) is 2.56. The monoisotopic (exact) mass is 238 g/mol. The lowest BCUT2D eigenvalue weighted by Crippen LogP contribution is -3.00. The Labute approximate surface area is 104 Å². The van der Waals surface area contributed by atoms with Gasteiger partial charge in [0.15, 0.2) is 0 Å². The predicted octanol–water partition coefficient (Wildman–Crippen LogP) is -0.618. The Morgan fingerprint density at radius 1 is 1.12 bits per heavy atom. The fourth-order valence-corrected chi connectivity index (χ4v) is 2.03. The number of benzene rings is 1. The zero-order valence-electron chi connectivity index (χ0n) is 10.1. The number of para-hydroxylation sites is 1. The van der Waals surface area contributed by atoms with Crippen LogP contribution in [0.3, 0.4) is 0 Å². The third-order valence-electron chi connectivity index (χ3n) is 2.68. The molecule has 1 aliphatic heterocycles. The molecular formula is C13H19ClN2. The van der Waals surface area contributed by atoms with Crippen LogP contribution >= 0.6 is 0 Å². The van der Waals surface area contributed by atoms with E-state index in [2.05, 4.69) is 61.0 Å². The summed E-state index contributed by atoms with van der Waals surface area (Å²) in [6, 6.07) is 10.6. The van der Waals surface area contributed by atoms with E-state index in [1.165, 1.54) is 11.5 Å². The van der Waals surface area contributed by atoms with Crippen LogP contribution in [0.25, 0.3) is 0 Å². The summed E-state index contributed by atoms with van der Waals surface area (Å²) in [5.41, 5.74) is 1.47. The number of rotatable bonds is 1. The van der Waals surface area contributed by atoms with Crippen LogP contribution in [-0.4, -0.2) is 23.5 Å². The van der Waals surface area contributed by atoms with Crippen molar-refractivity contribution >= 4 is 11.5 Å². The Balaban J connectivity index is 0.00000128. The molecule has 0 unspecified atom stereocenters. The molecule has 2 rings (SSSR count). The second-order valence-corrected chi connectivity index (χ2v) is 5.01. The lowest BCUT2D eigenvalue weighted by Gasteiger charge is -2.16. The van der Waals surface area contributed by atoms with Crippen LogP contribution in [-0.2, 0) is 0 Å². The molecule has 0 amide bonds. The molecule has 88 valence electrons. The molecule has 16 heavy (non-hydrogen) atoms. The second-order valence-electron chi connectivity index (χ2n) is 5.01. The van der Waals surface area contributed by atoms with Gasteiger partial charge in [-0.1, -0.05) is 18.2 Å². The quantitative estimate of drug-likeness (QED) is 0.645. The van der Waals surface area contributed by atoms with Gasteiger partial charge in [0.1, 0.15) is 18.8 Å². The average molecular weight is 239 g/mol. The van der Waals surface area contributed by atoms with Crippen LogP contribution in [0.5, 0.6) is 0 Å². The number of nitrogens with zero attached hydrogens (tertiary/aromatic N) is 1. The summed E-state index contributed by atoms with van der Waals surface area (Å²) in [6.07, 6.45) is 0. The Morgan fingerprint density at radius 3 is 2.31 bits per heavy atom. The SMILES string of the molecule is CC(C)(C)C1=[N+](c2ccccc2)CCN1.[Cl-]. The van der Waals surface area contributed by atoms with E-state index < -0.39 is 0 Å². The maximum atomic E-state index is 3.49. The minimum Gasteiger partial charge on any atom is -1.00 e. The van der Waals surface area contributed by atoms with Crippen molar-refractivity contribution in [2.45, 2.75) is 20.8 Å². The summed E-state index contributed by atoms with van der Waals surface area (Å²) >= 11 is 0. The molecule has 0 bridgehead atoms. The van der Waals surface area contributed by atoms with Crippen LogP contribution in [0.4, 0.5) is 5.69 Å². The van der Waals surface area contributed by atoms with Gasteiger partial charge in [0.2, 0.25) is 0 Å². The summed E-state index contributed by atoms with van der Waals surface area (Å²) in [7, 11) is 0. The van der Waals surface area contributed by atoms with Gasteiger partial charge in [0.05, 0.1) is 5.41 Å². The van der Waals surface area contributed by atoms with Crippen molar-refractivity contribution in [3.63, 3.8) is 0 Å². The van der Waals surface area contributed by atoms with Gasteiger partial charge in [-0.15, -0.1) is 0 Å². The first-order chi connectivity index (χ1) is 7.09. The molecule has 0 aliphatic carbocycles.